The number of nitrogens with one attached hydrogen (secondary N) is 2. The summed E-state index contributed by atoms with van der Waals surface area (Å²) < 4.78 is 1.78. The quantitative estimate of drug-likeness (QED) is 0.525. The van der Waals surface area contributed by atoms with Gasteiger partial charge in [-0.1, -0.05) is 24.3 Å². The Hall–Kier alpha value is -3.78. The molecular formula is C26H27N5O2S. The molecule has 0 bridgehead atoms. The zero-order valence-electron chi connectivity index (χ0n) is 19.5. The number of aryl methyl sites for hydroxylation is 1. The molecule has 0 atom stereocenters. The third-order valence-corrected chi connectivity index (χ3v) is 6.11. The van der Waals surface area contributed by atoms with Gasteiger partial charge in [0.1, 0.15) is 0 Å². The van der Waals surface area contributed by atoms with Gasteiger partial charge in [-0.15, -0.1) is 11.3 Å². The minimum Gasteiger partial charge on any atom is -0.356 e. The van der Waals surface area contributed by atoms with Crippen LogP contribution < -0.4 is 10.6 Å². The summed E-state index contributed by atoms with van der Waals surface area (Å²) in [5.41, 5.74) is 6.67. The van der Waals surface area contributed by atoms with E-state index in [1.165, 1.54) is 11.3 Å². The molecule has 0 radical (unpaired) electrons. The maximum Gasteiger partial charge on any atom is 0.253 e. The van der Waals surface area contributed by atoms with Crippen molar-refractivity contribution < 1.29 is 9.59 Å². The number of allylic oxidation sites excluding steroid dienone is 4. The molecule has 1 aliphatic rings. The van der Waals surface area contributed by atoms with Crippen molar-refractivity contribution in [3.05, 3.63) is 77.1 Å². The molecule has 2 N–H and O–H groups in total. The maximum atomic E-state index is 12.3. The van der Waals surface area contributed by atoms with Crippen LogP contribution >= 0.6 is 11.3 Å². The Kier molecular flexibility index (Phi) is 7.18. The van der Waals surface area contributed by atoms with Crippen molar-refractivity contribution in [2.24, 2.45) is 12.0 Å². The number of hydrogen-bond donors (Lipinski definition) is 2. The average molecular weight is 474 g/mol. The Morgan fingerprint density at radius 3 is 2.79 bits per heavy atom. The van der Waals surface area contributed by atoms with Gasteiger partial charge in [0.15, 0.2) is 5.13 Å². The fraction of sp³-hybridized carbons (Fsp3) is 0.231. The fourth-order valence-electron chi connectivity index (χ4n) is 3.70. The lowest BCUT2D eigenvalue weighted by Crippen LogP contribution is -2.32. The molecule has 0 aliphatic carbocycles. The first kappa shape index (κ1) is 23.4. The van der Waals surface area contributed by atoms with E-state index in [1.807, 2.05) is 31.5 Å². The second-order valence-electron chi connectivity index (χ2n) is 8.25. The largest absolute Gasteiger partial charge is 0.356 e. The van der Waals surface area contributed by atoms with E-state index < -0.39 is 0 Å². The Bertz CT molecular complexity index is 1310. The van der Waals surface area contributed by atoms with Crippen molar-refractivity contribution in [1.82, 2.24) is 14.9 Å². The summed E-state index contributed by atoms with van der Waals surface area (Å²) in [7, 11) is 1.83. The molecule has 0 saturated carbocycles. The number of thiazole rings is 1. The molecule has 2 amide bonds. The third kappa shape index (κ3) is 5.96. The van der Waals surface area contributed by atoms with Crippen molar-refractivity contribution in [3.8, 4) is 11.3 Å². The number of aliphatic imine (C=N–C) groups is 1. The number of benzene rings is 1. The molecule has 174 valence electrons. The van der Waals surface area contributed by atoms with Crippen molar-refractivity contribution in [2.45, 2.75) is 26.7 Å². The Balaban J connectivity index is 1.41. The lowest BCUT2D eigenvalue weighted by atomic mass is 9.99. The smallest absolute Gasteiger partial charge is 0.253 e. The number of rotatable bonds is 6. The molecular weight excluding hydrogens is 446 g/mol. The van der Waals surface area contributed by atoms with Gasteiger partial charge < -0.3 is 15.2 Å². The zero-order chi connectivity index (χ0) is 24.1. The monoisotopic (exact) mass is 473 g/mol. The normalized spacial score (nSPS) is 15.3. The van der Waals surface area contributed by atoms with E-state index in [4.69, 9.17) is 0 Å². The van der Waals surface area contributed by atoms with E-state index >= 15 is 0 Å². The van der Waals surface area contributed by atoms with E-state index in [0.717, 1.165) is 46.6 Å². The fourth-order valence-corrected chi connectivity index (χ4v) is 4.43. The van der Waals surface area contributed by atoms with Gasteiger partial charge in [-0.2, -0.15) is 0 Å². The van der Waals surface area contributed by atoms with E-state index in [-0.39, 0.29) is 18.4 Å². The highest BCUT2D eigenvalue weighted by molar-refractivity contribution is 7.14. The predicted octanol–water partition coefficient (Wildman–Crippen LogP) is 5.06. The number of carbonyl (C=O) groups is 2. The SMILES string of the molecule is CC1=C/C(c2cccc(-c3csc(NC(=O)CNC(=O)c4ccn(C)c4)n3)c2)=C\CCC(C)=N1. The van der Waals surface area contributed by atoms with Gasteiger partial charge in [0, 0.05) is 41.8 Å². The average Bonchev–Trinajstić information content (AvgIpc) is 3.45. The number of carbonyl (C=O) groups excluding carboxylic acids is 2. The van der Waals surface area contributed by atoms with Crippen LogP contribution in [0.2, 0.25) is 0 Å². The van der Waals surface area contributed by atoms with Crippen LogP contribution in [-0.4, -0.2) is 33.6 Å². The van der Waals surface area contributed by atoms with Crippen LogP contribution in [-0.2, 0) is 11.8 Å². The highest BCUT2D eigenvalue weighted by atomic mass is 32.1. The van der Waals surface area contributed by atoms with Crippen LogP contribution in [0.4, 0.5) is 5.13 Å². The molecule has 1 aliphatic heterocycles. The first-order chi connectivity index (χ1) is 16.4. The third-order valence-electron chi connectivity index (χ3n) is 5.35. The molecule has 1 aromatic carbocycles. The molecule has 0 unspecified atom stereocenters. The predicted molar refractivity (Wildman–Crippen MR) is 138 cm³/mol. The van der Waals surface area contributed by atoms with Crippen molar-refractivity contribution >= 4 is 39.6 Å². The lowest BCUT2D eigenvalue weighted by Gasteiger charge is -2.10. The van der Waals surface area contributed by atoms with Crippen LogP contribution in [0.1, 0.15) is 42.6 Å². The number of aromatic nitrogens is 2. The van der Waals surface area contributed by atoms with Crippen LogP contribution in [0.15, 0.2) is 70.9 Å². The van der Waals surface area contributed by atoms with Crippen LogP contribution in [0.3, 0.4) is 0 Å². The van der Waals surface area contributed by atoms with Gasteiger partial charge in [0.05, 0.1) is 17.8 Å². The summed E-state index contributed by atoms with van der Waals surface area (Å²) in [4.78, 5) is 33.6. The van der Waals surface area contributed by atoms with E-state index in [2.05, 4.69) is 51.8 Å². The first-order valence-electron chi connectivity index (χ1n) is 11.1. The summed E-state index contributed by atoms with van der Waals surface area (Å²) in [6, 6.07) is 9.91. The van der Waals surface area contributed by atoms with Gasteiger partial charge >= 0.3 is 0 Å². The topological polar surface area (TPSA) is 88.4 Å². The molecule has 8 heteroatoms. The lowest BCUT2D eigenvalue weighted by molar-refractivity contribution is -0.115. The number of nitrogens with zero attached hydrogens (tertiary/aromatic N) is 3. The highest BCUT2D eigenvalue weighted by Crippen LogP contribution is 2.29. The van der Waals surface area contributed by atoms with Crippen LogP contribution in [0, 0.1) is 0 Å². The van der Waals surface area contributed by atoms with Gasteiger partial charge in [0.2, 0.25) is 5.91 Å². The minimum atomic E-state index is -0.324. The van der Waals surface area contributed by atoms with Crippen molar-refractivity contribution in [2.75, 3.05) is 11.9 Å². The minimum absolute atomic E-state index is 0.125. The van der Waals surface area contributed by atoms with E-state index in [1.54, 1.807) is 23.0 Å². The molecule has 3 aromatic rings. The highest BCUT2D eigenvalue weighted by Gasteiger charge is 2.12. The second kappa shape index (κ2) is 10.4. The number of anilines is 1. The van der Waals surface area contributed by atoms with E-state index in [0.29, 0.717) is 10.7 Å². The van der Waals surface area contributed by atoms with E-state index in [9.17, 15) is 9.59 Å². The van der Waals surface area contributed by atoms with Crippen LogP contribution in [0.25, 0.3) is 16.8 Å². The molecule has 34 heavy (non-hydrogen) atoms. The number of amides is 2. The summed E-state index contributed by atoms with van der Waals surface area (Å²) in [6.45, 7) is 3.96. The van der Waals surface area contributed by atoms with Gasteiger partial charge in [0.25, 0.3) is 5.91 Å². The standard InChI is InChI=1S/C26H27N5O2S/c1-17-6-4-7-19(12-18(2)28-17)20-8-5-9-21(13-20)23-16-34-26(29-23)30-24(32)14-27-25(33)22-10-11-31(3)15-22/h5,7-13,15-16H,4,6,14H2,1-3H3,(H,27,33)(H,29,30,32)/b18-12?,19-7+,28-17?. The zero-order valence-corrected chi connectivity index (χ0v) is 20.3. The van der Waals surface area contributed by atoms with Gasteiger partial charge in [-0.05, 0) is 56.0 Å². The molecule has 7 nitrogen and oxygen atoms in total. The van der Waals surface area contributed by atoms with Gasteiger partial charge in [-0.3, -0.25) is 14.6 Å². The van der Waals surface area contributed by atoms with Gasteiger partial charge in [-0.25, -0.2) is 4.98 Å². The van der Waals surface area contributed by atoms with Crippen molar-refractivity contribution in [1.29, 1.82) is 0 Å². The molecule has 2 aromatic heterocycles. The number of hydrogen-bond acceptors (Lipinski definition) is 5. The first-order valence-corrected chi connectivity index (χ1v) is 11.9. The maximum absolute atomic E-state index is 12.3. The Labute approximate surface area is 203 Å². The molecule has 0 fully saturated rings. The summed E-state index contributed by atoms with van der Waals surface area (Å²) in [5, 5.41) is 7.79. The molecule has 0 spiro atoms. The summed E-state index contributed by atoms with van der Waals surface area (Å²) in [5.74, 6) is -0.615. The Morgan fingerprint density at radius 1 is 1.18 bits per heavy atom. The summed E-state index contributed by atoms with van der Waals surface area (Å²) in [6.07, 6.45) is 9.74. The molecule has 3 heterocycles. The van der Waals surface area contributed by atoms with Crippen molar-refractivity contribution in [3.63, 3.8) is 0 Å². The van der Waals surface area contributed by atoms with Crippen LogP contribution in [0.5, 0.6) is 0 Å². The summed E-state index contributed by atoms with van der Waals surface area (Å²) >= 11 is 1.35. The Morgan fingerprint density at radius 2 is 2.00 bits per heavy atom. The molecule has 0 saturated heterocycles. The second-order valence-corrected chi connectivity index (χ2v) is 9.10. The molecule has 4 rings (SSSR count).